The Bertz CT molecular complexity index is 1380. The molecule has 2 atom stereocenters. The molecular weight excluding hydrogens is 544 g/mol. The summed E-state index contributed by atoms with van der Waals surface area (Å²) in [6.07, 6.45) is 1.29. The molecule has 1 aliphatic rings. The minimum atomic E-state index is -3.90. The number of nitrogens with one attached hydrogen (secondary N) is 1. The van der Waals surface area contributed by atoms with Crippen LogP contribution in [0.5, 0.6) is 11.5 Å². The molecule has 0 unspecified atom stereocenters. The second-order valence-corrected chi connectivity index (χ2v) is 11.3. The molecule has 0 saturated carbocycles. The van der Waals surface area contributed by atoms with Gasteiger partial charge in [0.05, 0.1) is 30.9 Å². The van der Waals surface area contributed by atoms with E-state index in [2.05, 4.69) is 5.32 Å². The predicted molar refractivity (Wildman–Crippen MR) is 146 cm³/mol. The molecule has 0 spiro atoms. The van der Waals surface area contributed by atoms with E-state index < -0.39 is 22.2 Å². The van der Waals surface area contributed by atoms with E-state index in [0.29, 0.717) is 12.2 Å². The molecule has 0 radical (unpaired) electrons. The van der Waals surface area contributed by atoms with Crippen molar-refractivity contribution in [2.24, 2.45) is 0 Å². The van der Waals surface area contributed by atoms with Gasteiger partial charge in [-0.1, -0.05) is 12.1 Å². The molecular formula is C27H30N2O8S2. The van der Waals surface area contributed by atoms with Crippen LogP contribution >= 0.6 is 11.3 Å². The maximum absolute atomic E-state index is 13.2. The molecule has 2 heterocycles. The Morgan fingerprint density at radius 2 is 1.92 bits per heavy atom. The van der Waals surface area contributed by atoms with Gasteiger partial charge in [-0.05, 0) is 64.9 Å². The lowest BCUT2D eigenvalue weighted by Gasteiger charge is -2.30. The second-order valence-electron chi connectivity index (χ2n) is 8.62. The van der Waals surface area contributed by atoms with E-state index in [1.165, 1.54) is 36.6 Å². The third-order valence-corrected chi connectivity index (χ3v) is 8.71. The first-order valence-corrected chi connectivity index (χ1v) is 14.6. The van der Waals surface area contributed by atoms with E-state index in [4.69, 9.17) is 14.2 Å². The summed E-state index contributed by atoms with van der Waals surface area (Å²) in [4.78, 5) is 13.1. The molecule has 10 nitrogen and oxygen atoms in total. The average molecular weight is 575 g/mol. The first-order chi connectivity index (χ1) is 18.8. The summed E-state index contributed by atoms with van der Waals surface area (Å²) < 4.78 is 44.3. The number of carbonyl (C=O) groups excluding carboxylic acids is 1. The zero-order chi connectivity index (χ0) is 27.8. The molecule has 1 aromatic heterocycles. The molecule has 2 aromatic carbocycles. The Labute approximate surface area is 231 Å². The minimum absolute atomic E-state index is 0.0313. The van der Waals surface area contributed by atoms with E-state index in [9.17, 15) is 23.4 Å². The minimum Gasteiger partial charge on any atom is -0.506 e. The van der Waals surface area contributed by atoms with Crippen molar-refractivity contribution in [1.82, 2.24) is 4.31 Å². The van der Waals surface area contributed by atoms with E-state index in [1.54, 1.807) is 36.4 Å². The molecule has 39 heavy (non-hydrogen) atoms. The van der Waals surface area contributed by atoms with E-state index >= 15 is 0 Å². The van der Waals surface area contributed by atoms with Crippen molar-refractivity contribution < 1.29 is 37.6 Å². The van der Waals surface area contributed by atoms with Gasteiger partial charge in [-0.25, -0.2) is 8.42 Å². The Hall–Kier alpha value is -3.42. The summed E-state index contributed by atoms with van der Waals surface area (Å²) >= 11 is 1.53. The quantitative estimate of drug-likeness (QED) is 0.280. The van der Waals surface area contributed by atoms with Gasteiger partial charge in [-0.2, -0.15) is 15.6 Å². The van der Waals surface area contributed by atoms with Crippen LogP contribution in [0.25, 0.3) is 0 Å². The summed E-state index contributed by atoms with van der Waals surface area (Å²) in [5.41, 5.74) is 1.24. The van der Waals surface area contributed by atoms with Crippen LogP contribution in [0.15, 0.2) is 82.1 Å². The first kappa shape index (κ1) is 28.6. The van der Waals surface area contributed by atoms with Gasteiger partial charge in [-0.15, -0.1) is 0 Å². The number of aliphatic hydroxyl groups excluding tert-OH is 1. The van der Waals surface area contributed by atoms with E-state index in [-0.39, 0.29) is 54.3 Å². The number of sulfonamides is 1. The summed E-state index contributed by atoms with van der Waals surface area (Å²) in [6, 6.07) is 14.3. The van der Waals surface area contributed by atoms with Crippen molar-refractivity contribution in [2.45, 2.75) is 23.5 Å². The Balaban J connectivity index is 1.44. The van der Waals surface area contributed by atoms with Gasteiger partial charge in [0.2, 0.25) is 16.3 Å². The first-order valence-electron chi connectivity index (χ1n) is 12.2. The van der Waals surface area contributed by atoms with Crippen LogP contribution < -0.4 is 10.1 Å². The SMILES string of the molecule is COc1ccc(S(=O)(=O)N(CCO)CCO[C@@H]2C[C@H](c3ccsc3)C=C(C(=O)Nc3ccccc3O)O2)cc1. The van der Waals surface area contributed by atoms with Crippen LogP contribution in [0.3, 0.4) is 0 Å². The number of hydrogen-bond donors (Lipinski definition) is 3. The number of amides is 1. The molecule has 0 aliphatic carbocycles. The lowest BCUT2D eigenvalue weighted by Crippen LogP contribution is -2.37. The van der Waals surface area contributed by atoms with Crippen molar-refractivity contribution in [2.75, 3.05) is 38.7 Å². The Kier molecular flexibility index (Phi) is 9.59. The third-order valence-electron chi connectivity index (χ3n) is 6.10. The number of phenols is 1. The number of carbonyl (C=O) groups is 1. The molecule has 3 aromatic rings. The van der Waals surface area contributed by atoms with E-state index in [0.717, 1.165) is 9.87 Å². The summed E-state index contributed by atoms with van der Waals surface area (Å²) in [5.74, 6) is -0.239. The fourth-order valence-electron chi connectivity index (χ4n) is 4.05. The number of benzene rings is 2. The number of thiophene rings is 1. The van der Waals surface area contributed by atoms with Crippen molar-refractivity contribution in [1.29, 1.82) is 0 Å². The molecule has 208 valence electrons. The number of nitrogens with zero attached hydrogens (tertiary/aromatic N) is 1. The van der Waals surface area contributed by atoms with Gasteiger partial charge in [0.25, 0.3) is 5.91 Å². The van der Waals surface area contributed by atoms with Crippen LogP contribution in [0.4, 0.5) is 5.69 Å². The lowest BCUT2D eigenvalue weighted by atomic mass is 9.95. The molecule has 0 fully saturated rings. The van der Waals surface area contributed by atoms with Gasteiger partial charge in [-0.3, -0.25) is 4.79 Å². The number of hydrogen-bond acceptors (Lipinski definition) is 9. The Morgan fingerprint density at radius 3 is 2.59 bits per heavy atom. The predicted octanol–water partition coefficient (Wildman–Crippen LogP) is 3.51. The van der Waals surface area contributed by atoms with Crippen molar-refractivity contribution in [3.05, 3.63) is 82.8 Å². The highest BCUT2D eigenvalue weighted by molar-refractivity contribution is 7.89. The van der Waals surface area contributed by atoms with Gasteiger partial charge < -0.3 is 29.7 Å². The fraction of sp³-hybridized carbons (Fsp3) is 0.296. The number of ether oxygens (including phenoxy) is 3. The maximum atomic E-state index is 13.2. The van der Waals surface area contributed by atoms with Gasteiger partial charge in [0.1, 0.15) is 11.5 Å². The number of rotatable bonds is 12. The van der Waals surface area contributed by atoms with Crippen LogP contribution in [0.2, 0.25) is 0 Å². The number of allylic oxidation sites excluding steroid dienone is 1. The number of aromatic hydroxyl groups is 1. The van der Waals surface area contributed by atoms with Crippen molar-refractivity contribution >= 4 is 33.0 Å². The third kappa shape index (κ3) is 7.16. The summed E-state index contributed by atoms with van der Waals surface area (Å²) in [7, 11) is -2.41. The van der Waals surface area contributed by atoms with Gasteiger partial charge >= 0.3 is 0 Å². The molecule has 3 N–H and O–H groups in total. The van der Waals surface area contributed by atoms with Crippen LogP contribution in [0.1, 0.15) is 17.9 Å². The van der Waals surface area contributed by atoms with Gasteiger partial charge in [0.15, 0.2) is 5.76 Å². The maximum Gasteiger partial charge on any atom is 0.290 e. The monoisotopic (exact) mass is 574 g/mol. The standard InChI is InChI=1S/C27H30N2O8S2/c1-35-21-6-8-22(9-7-21)39(33,34)29(11-13-30)12-14-36-26-17-20(19-10-15-38-18-19)16-25(37-26)27(32)28-23-4-2-3-5-24(23)31/h2-10,15-16,18,20,26,30-31H,11-14,17H2,1H3,(H,28,32)/t20-,26+/m1/s1. The highest BCUT2D eigenvalue weighted by atomic mass is 32.2. The zero-order valence-electron chi connectivity index (χ0n) is 21.2. The fourth-order valence-corrected chi connectivity index (χ4v) is 6.19. The highest BCUT2D eigenvalue weighted by Crippen LogP contribution is 2.33. The zero-order valence-corrected chi connectivity index (χ0v) is 22.9. The molecule has 4 rings (SSSR count). The van der Waals surface area contributed by atoms with Crippen LogP contribution in [0, 0.1) is 0 Å². The lowest BCUT2D eigenvalue weighted by molar-refractivity contribution is -0.143. The summed E-state index contributed by atoms with van der Waals surface area (Å²) in [6.45, 7) is -0.560. The number of aliphatic hydroxyl groups is 1. The van der Waals surface area contributed by atoms with Crippen molar-refractivity contribution in [3.8, 4) is 11.5 Å². The number of phenolic OH excluding ortho intramolecular Hbond substituents is 1. The van der Waals surface area contributed by atoms with Gasteiger partial charge in [0, 0.05) is 25.4 Å². The highest BCUT2D eigenvalue weighted by Gasteiger charge is 2.30. The number of para-hydroxylation sites is 2. The average Bonchev–Trinajstić information content (AvgIpc) is 3.49. The molecule has 0 bridgehead atoms. The van der Waals surface area contributed by atoms with E-state index in [1.807, 2.05) is 16.8 Å². The number of methoxy groups -OCH3 is 1. The largest absolute Gasteiger partial charge is 0.506 e. The number of anilines is 1. The molecule has 0 saturated heterocycles. The topological polar surface area (TPSA) is 135 Å². The smallest absolute Gasteiger partial charge is 0.290 e. The molecule has 1 aliphatic heterocycles. The second kappa shape index (κ2) is 13.1. The van der Waals surface area contributed by atoms with Crippen LogP contribution in [-0.2, 0) is 24.3 Å². The normalized spacial score (nSPS) is 17.4. The molecule has 1 amide bonds. The molecule has 12 heteroatoms. The Morgan fingerprint density at radius 1 is 1.15 bits per heavy atom. The summed E-state index contributed by atoms with van der Waals surface area (Å²) in [5, 5.41) is 26.1. The van der Waals surface area contributed by atoms with Crippen molar-refractivity contribution in [3.63, 3.8) is 0 Å². The van der Waals surface area contributed by atoms with Crippen LogP contribution in [-0.4, -0.2) is 68.5 Å².